The predicted octanol–water partition coefficient (Wildman–Crippen LogP) is 1.20. The molecule has 0 amide bonds. The van der Waals surface area contributed by atoms with Crippen molar-refractivity contribution in [2.75, 3.05) is 0 Å². The molecule has 0 aromatic rings. The topological polar surface area (TPSA) is 40.1 Å². The van der Waals surface area contributed by atoms with Gasteiger partial charge in [0.25, 0.3) is 0 Å². The van der Waals surface area contributed by atoms with E-state index in [-0.39, 0.29) is 34.8 Å². The quantitative estimate of drug-likeness (QED) is 0.671. The zero-order chi connectivity index (χ0) is 9.07. The average molecular weight is 221 g/mol. The third-order valence-corrected chi connectivity index (χ3v) is 1.48. The van der Waals surface area contributed by atoms with Crippen LogP contribution in [0.25, 0.3) is 0 Å². The van der Waals surface area contributed by atoms with E-state index in [0.29, 0.717) is 0 Å². The first-order valence-corrected chi connectivity index (χ1v) is 4.01. The maximum atomic E-state index is 10.2. The van der Waals surface area contributed by atoms with Crippen molar-refractivity contribution < 1.29 is 27.0 Å². The molecule has 0 saturated heterocycles. The molecule has 1 unspecified atom stereocenters. The summed E-state index contributed by atoms with van der Waals surface area (Å²) in [7, 11) is 0. The van der Waals surface area contributed by atoms with Gasteiger partial charge in [-0.1, -0.05) is 27.7 Å². The van der Waals surface area contributed by atoms with Gasteiger partial charge in [0.2, 0.25) is 0 Å². The summed E-state index contributed by atoms with van der Waals surface area (Å²) in [6, 6.07) is 0. The standard InChI is InChI=1S/C9H18O2.Cu/c1-7(5-8(10)11)6-9(2,3)4;/h7H,5-6H2,1-4H3,(H,10,11);/q;+2/p-1. The average Bonchev–Trinajstić information content (AvgIpc) is 1.53. The number of aliphatic carboxylic acids is 1. The van der Waals surface area contributed by atoms with Crippen LogP contribution >= 0.6 is 0 Å². The molecule has 0 aromatic carbocycles. The molecule has 0 aromatic heterocycles. The number of hydrogen-bond donors (Lipinski definition) is 0. The number of carboxylic acid groups (broad SMARTS) is 1. The minimum Gasteiger partial charge on any atom is -0.550 e. The molecule has 12 heavy (non-hydrogen) atoms. The summed E-state index contributed by atoms with van der Waals surface area (Å²) in [5.74, 6) is -0.721. The molecule has 3 heteroatoms. The number of hydrogen-bond acceptors (Lipinski definition) is 2. The molecular formula is C9H17CuO2+. The number of carboxylic acids is 1. The van der Waals surface area contributed by atoms with Crippen LogP contribution in [-0.2, 0) is 21.9 Å². The Bertz CT molecular complexity index is 138. The molecule has 75 valence electrons. The summed E-state index contributed by atoms with van der Waals surface area (Å²) < 4.78 is 0. The Kier molecular flexibility index (Phi) is 6.78. The Hall–Kier alpha value is -0.0105. The third kappa shape index (κ3) is 9.99. The molecule has 0 spiro atoms. The van der Waals surface area contributed by atoms with Gasteiger partial charge in [-0.05, 0) is 24.2 Å². The minimum atomic E-state index is -0.943. The van der Waals surface area contributed by atoms with Crippen LogP contribution < -0.4 is 5.11 Å². The van der Waals surface area contributed by atoms with Crippen LogP contribution in [0.3, 0.4) is 0 Å². The van der Waals surface area contributed by atoms with Gasteiger partial charge in [0.05, 0.1) is 0 Å². The van der Waals surface area contributed by atoms with Crippen molar-refractivity contribution in [2.24, 2.45) is 11.3 Å². The summed E-state index contributed by atoms with van der Waals surface area (Å²) in [5.41, 5.74) is 0.217. The summed E-state index contributed by atoms with van der Waals surface area (Å²) in [5, 5.41) is 10.2. The van der Waals surface area contributed by atoms with E-state index in [9.17, 15) is 9.90 Å². The van der Waals surface area contributed by atoms with Crippen LogP contribution in [0.5, 0.6) is 0 Å². The van der Waals surface area contributed by atoms with Gasteiger partial charge >= 0.3 is 17.1 Å². The Morgan fingerprint density at radius 3 is 2.08 bits per heavy atom. The van der Waals surface area contributed by atoms with E-state index in [1.807, 2.05) is 6.92 Å². The van der Waals surface area contributed by atoms with Crippen LogP contribution in [0.1, 0.15) is 40.5 Å². The molecule has 1 radical (unpaired) electrons. The van der Waals surface area contributed by atoms with Crippen molar-refractivity contribution in [3.05, 3.63) is 0 Å². The molecule has 0 rings (SSSR count). The molecular weight excluding hydrogens is 204 g/mol. The van der Waals surface area contributed by atoms with E-state index in [2.05, 4.69) is 20.8 Å². The molecule has 0 aliphatic carbocycles. The molecule has 0 saturated carbocycles. The van der Waals surface area contributed by atoms with E-state index in [1.54, 1.807) is 0 Å². The van der Waals surface area contributed by atoms with Gasteiger partial charge in [-0.15, -0.1) is 0 Å². The van der Waals surface area contributed by atoms with E-state index >= 15 is 0 Å². The van der Waals surface area contributed by atoms with Gasteiger partial charge in [-0.3, -0.25) is 0 Å². The van der Waals surface area contributed by atoms with Crippen molar-refractivity contribution in [1.82, 2.24) is 0 Å². The summed E-state index contributed by atoms with van der Waals surface area (Å²) in [6.45, 7) is 8.28. The van der Waals surface area contributed by atoms with E-state index in [0.717, 1.165) is 6.42 Å². The van der Waals surface area contributed by atoms with E-state index in [1.165, 1.54) is 0 Å². The molecule has 0 bridgehead atoms. The Morgan fingerprint density at radius 2 is 1.83 bits per heavy atom. The van der Waals surface area contributed by atoms with E-state index in [4.69, 9.17) is 0 Å². The van der Waals surface area contributed by atoms with Crippen LogP contribution in [0, 0.1) is 11.3 Å². The Morgan fingerprint density at radius 1 is 1.42 bits per heavy atom. The largest absolute Gasteiger partial charge is 2.00 e. The first kappa shape index (κ1) is 14.5. The summed E-state index contributed by atoms with van der Waals surface area (Å²) >= 11 is 0. The molecule has 2 nitrogen and oxygen atoms in total. The zero-order valence-electron chi connectivity index (χ0n) is 8.11. The minimum absolute atomic E-state index is 0. The zero-order valence-corrected chi connectivity index (χ0v) is 9.05. The predicted molar refractivity (Wildman–Crippen MR) is 42.9 cm³/mol. The SMILES string of the molecule is CC(CC(=O)[O-])CC(C)(C)C.[Cu+2]. The van der Waals surface area contributed by atoms with Gasteiger partial charge in [0.1, 0.15) is 0 Å². The van der Waals surface area contributed by atoms with Gasteiger partial charge < -0.3 is 9.90 Å². The summed E-state index contributed by atoms with van der Waals surface area (Å²) in [6.07, 6.45) is 1.11. The molecule has 0 heterocycles. The number of carbonyl (C=O) groups excluding carboxylic acids is 1. The van der Waals surface area contributed by atoms with Gasteiger partial charge in [0, 0.05) is 5.97 Å². The normalized spacial score (nSPS) is 13.3. The van der Waals surface area contributed by atoms with Crippen LogP contribution in [0.2, 0.25) is 0 Å². The maximum Gasteiger partial charge on any atom is 2.00 e. The van der Waals surface area contributed by atoms with Crippen molar-refractivity contribution in [3.63, 3.8) is 0 Å². The second-order valence-corrected chi connectivity index (χ2v) is 4.45. The van der Waals surface area contributed by atoms with Crippen LogP contribution in [0.4, 0.5) is 0 Å². The van der Waals surface area contributed by atoms with Crippen LogP contribution in [0.15, 0.2) is 0 Å². The van der Waals surface area contributed by atoms with Crippen molar-refractivity contribution in [3.8, 4) is 0 Å². The maximum absolute atomic E-state index is 10.2. The van der Waals surface area contributed by atoms with Gasteiger partial charge in [0.15, 0.2) is 0 Å². The second-order valence-electron chi connectivity index (χ2n) is 4.45. The first-order valence-electron chi connectivity index (χ1n) is 4.01. The first-order chi connectivity index (χ1) is 4.81. The second kappa shape index (κ2) is 5.60. The third-order valence-electron chi connectivity index (χ3n) is 1.48. The van der Waals surface area contributed by atoms with Gasteiger partial charge in [-0.25, -0.2) is 0 Å². The van der Waals surface area contributed by atoms with Crippen molar-refractivity contribution in [2.45, 2.75) is 40.5 Å². The van der Waals surface area contributed by atoms with Crippen LogP contribution in [-0.4, -0.2) is 5.97 Å². The van der Waals surface area contributed by atoms with Crippen molar-refractivity contribution in [1.29, 1.82) is 0 Å². The Balaban J connectivity index is 0. The van der Waals surface area contributed by atoms with E-state index < -0.39 is 5.97 Å². The fourth-order valence-electron chi connectivity index (χ4n) is 1.40. The number of carbonyl (C=O) groups is 1. The monoisotopic (exact) mass is 220 g/mol. The molecule has 0 aliphatic heterocycles. The molecule has 0 aliphatic rings. The fourth-order valence-corrected chi connectivity index (χ4v) is 1.40. The molecule has 1 atom stereocenters. The van der Waals surface area contributed by atoms with Gasteiger partial charge in [-0.2, -0.15) is 0 Å². The number of rotatable bonds is 3. The smallest absolute Gasteiger partial charge is 0.550 e. The summed E-state index contributed by atoms with van der Waals surface area (Å²) in [4.78, 5) is 10.2. The molecule has 0 fully saturated rings. The molecule has 0 N–H and O–H groups in total. The fraction of sp³-hybridized carbons (Fsp3) is 0.889. The Labute approximate surface area is 85.2 Å². The van der Waals surface area contributed by atoms with Crippen molar-refractivity contribution >= 4 is 5.97 Å².